The van der Waals surface area contributed by atoms with Gasteiger partial charge >= 0.3 is 0 Å². The molecule has 0 aliphatic carbocycles. The molecule has 0 heterocycles. The lowest BCUT2D eigenvalue weighted by Crippen LogP contribution is -2.53. The first kappa shape index (κ1) is 63.0. The molecule has 0 aliphatic heterocycles. The van der Waals surface area contributed by atoms with Gasteiger partial charge in [0.25, 0.3) is 0 Å². The molecule has 4 atom stereocenters. The first-order chi connectivity index (χ1) is 31.5. The zero-order chi connectivity index (χ0) is 46.7. The second-order valence-electron chi connectivity index (χ2n) is 20.3. The van der Waals surface area contributed by atoms with E-state index < -0.39 is 36.9 Å². The summed E-state index contributed by atoms with van der Waals surface area (Å²) >= 11 is 0. The van der Waals surface area contributed by atoms with Crippen LogP contribution in [0.2, 0.25) is 0 Å². The van der Waals surface area contributed by atoms with Crippen LogP contribution in [0, 0.1) is 0 Å². The molecule has 0 unspecified atom stereocenters. The van der Waals surface area contributed by atoms with Crippen molar-refractivity contribution in [2.75, 3.05) is 6.61 Å². The van der Waals surface area contributed by atoms with Crippen LogP contribution < -0.4 is 5.32 Å². The van der Waals surface area contributed by atoms with Crippen LogP contribution in [0.25, 0.3) is 0 Å². The van der Waals surface area contributed by atoms with E-state index in [9.17, 15) is 25.2 Å². The fourth-order valence-corrected chi connectivity index (χ4v) is 9.40. The lowest BCUT2D eigenvalue weighted by atomic mass is 9.99. The fraction of sp³-hybridized carbons (Fsp3) is 0.948. The normalized spacial score (nSPS) is 13.8. The van der Waals surface area contributed by atoms with Crippen LogP contribution >= 0.6 is 0 Å². The number of carbonyl (C=O) groups excluding carboxylic acids is 1. The number of rotatable bonds is 54. The third-order valence-corrected chi connectivity index (χ3v) is 14.0. The van der Waals surface area contributed by atoms with Gasteiger partial charge in [-0.25, -0.2) is 0 Å². The van der Waals surface area contributed by atoms with Gasteiger partial charge in [0.15, 0.2) is 0 Å². The Bertz CT molecular complexity index is 928. The zero-order valence-electron chi connectivity index (χ0n) is 43.3. The minimum Gasteiger partial charge on any atom is -0.394 e. The van der Waals surface area contributed by atoms with Crippen LogP contribution in [0.1, 0.15) is 322 Å². The quantitative estimate of drug-likeness (QED) is 0.0308. The molecule has 6 nitrogen and oxygen atoms in total. The van der Waals surface area contributed by atoms with Gasteiger partial charge in [-0.15, -0.1) is 0 Å². The van der Waals surface area contributed by atoms with Crippen LogP contribution in [0.3, 0.4) is 0 Å². The van der Waals surface area contributed by atoms with Crippen molar-refractivity contribution in [3.8, 4) is 0 Å². The first-order valence-electron chi connectivity index (χ1n) is 29.1. The van der Waals surface area contributed by atoms with E-state index in [0.717, 1.165) is 38.5 Å². The van der Waals surface area contributed by atoms with Crippen LogP contribution in [-0.2, 0) is 4.79 Å². The third-order valence-electron chi connectivity index (χ3n) is 14.0. The van der Waals surface area contributed by atoms with E-state index in [1.807, 2.05) is 0 Å². The summed E-state index contributed by atoms with van der Waals surface area (Å²) in [4.78, 5) is 12.6. The average molecular weight is 907 g/mol. The Hall–Kier alpha value is -0.950. The molecule has 0 saturated carbocycles. The smallest absolute Gasteiger partial charge is 0.249 e. The third kappa shape index (κ3) is 46.2. The van der Waals surface area contributed by atoms with Crippen LogP contribution in [0.4, 0.5) is 0 Å². The Labute approximate surface area is 400 Å². The molecule has 0 fully saturated rings. The van der Waals surface area contributed by atoms with Crippen molar-refractivity contribution in [2.45, 2.75) is 346 Å². The largest absolute Gasteiger partial charge is 0.394 e. The van der Waals surface area contributed by atoms with Gasteiger partial charge in [-0.3, -0.25) is 4.79 Å². The van der Waals surface area contributed by atoms with E-state index in [4.69, 9.17) is 0 Å². The number of carbonyl (C=O) groups is 1. The predicted octanol–water partition coefficient (Wildman–Crippen LogP) is 16.9. The topological polar surface area (TPSA) is 110 Å². The van der Waals surface area contributed by atoms with E-state index >= 15 is 0 Å². The van der Waals surface area contributed by atoms with Crippen LogP contribution in [0.15, 0.2) is 12.2 Å². The summed E-state index contributed by atoms with van der Waals surface area (Å²) < 4.78 is 0. The second-order valence-corrected chi connectivity index (χ2v) is 20.3. The van der Waals surface area contributed by atoms with E-state index in [1.54, 1.807) is 0 Å². The predicted molar refractivity (Wildman–Crippen MR) is 279 cm³/mol. The maximum absolute atomic E-state index is 12.6. The standard InChI is InChI=1S/C58H115NO5/c1-3-5-7-9-11-13-15-17-19-21-23-25-27-29-31-33-35-37-39-41-43-45-47-49-51-55(61)57(63)54(53-60)59-58(64)56(62)52-50-48-46-44-42-40-38-36-34-32-30-28-26-24-22-20-18-16-14-12-10-8-6-4-2/h29,31,54-57,60-63H,3-28,30,32-53H2,1-2H3,(H,59,64)/b31-29-/t54-,55+,56+,57-/m0/s1. The van der Waals surface area contributed by atoms with Crippen molar-refractivity contribution >= 4 is 5.91 Å². The van der Waals surface area contributed by atoms with Gasteiger partial charge in [0.2, 0.25) is 5.91 Å². The van der Waals surface area contributed by atoms with E-state index in [2.05, 4.69) is 31.3 Å². The van der Waals surface area contributed by atoms with Gasteiger partial charge < -0.3 is 25.7 Å². The molecule has 0 rings (SSSR count). The number of unbranched alkanes of at least 4 members (excludes halogenated alkanes) is 43. The minimum atomic E-state index is -1.26. The lowest BCUT2D eigenvalue weighted by molar-refractivity contribution is -0.132. The summed E-state index contributed by atoms with van der Waals surface area (Å²) in [5.41, 5.74) is 0. The second kappa shape index (κ2) is 53.0. The molecule has 0 radical (unpaired) electrons. The van der Waals surface area contributed by atoms with Crippen molar-refractivity contribution in [2.24, 2.45) is 0 Å². The van der Waals surface area contributed by atoms with Gasteiger partial charge in [0, 0.05) is 0 Å². The van der Waals surface area contributed by atoms with Gasteiger partial charge in [-0.1, -0.05) is 296 Å². The Kier molecular flexibility index (Phi) is 52.2. The summed E-state index contributed by atoms with van der Waals surface area (Å²) in [6.45, 7) is 4.10. The van der Waals surface area contributed by atoms with Crippen molar-refractivity contribution in [3.63, 3.8) is 0 Å². The monoisotopic (exact) mass is 906 g/mol. The van der Waals surface area contributed by atoms with Crippen molar-refractivity contribution < 1.29 is 25.2 Å². The molecule has 382 valence electrons. The van der Waals surface area contributed by atoms with Crippen molar-refractivity contribution in [1.29, 1.82) is 0 Å². The highest BCUT2D eigenvalue weighted by molar-refractivity contribution is 5.80. The lowest BCUT2D eigenvalue weighted by Gasteiger charge is -2.27. The molecule has 6 heteroatoms. The molecular weight excluding hydrogens is 791 g/mol. The highest BCUT2D eigenvalue weighted by atomic mass is 16.3. The summed E-state index contributed by atoms with van der Waals surface area (Å²) in [6.07, 6.45) is 62.8. The van der Waals surface area contributed by atoms with Crippen LogP contribution in [0.5, 0.6) is 0 Å². The van der Waals surface area contributed by atoms with Crippen LogP contribution in [-0.4, -0.2) is 57.3 Å². The fourth-order valence-electron chi connectivity index (χ4n) is 9.40. The summed E-state index contributed by atoms with van der Waals surface area (Å²) in [6, 6.07) is -0.986. The maximum Gasteiger partial charge on any atom is 0.249 e. The molecule has 0 bridgehead atoms. The van der Waals surface area contributed by atoms with Crippen molar-refractivity contribution in [1.82, 2.24) is 5.32 Å². The minimum absolute atomic E-state index is 0.373. The highest BCUT2D eigenvalue weighted by Gasteiger charge is 2.28. The zero-order valence-corrected chi connectivity index (χ0v) is 43.3. The SMILES string of the molecule is CCCCCCCCCCCCCC/C=C\CCCCCCCCCC[C@@H](O)[C@@H](O)[C@H](CO)NC(=O)[C@H](O)CCCCCCCCCCCCCCCCCCCCCCCCCC. The van der Waals surface area contributed by atoms with Gasteiger partial charge in [0.1, 0.15) is 12.2 Å². The number of amides is 1. The van der Waals surface area contributed by atoms with Crippen molar-refractivity contribution in [3.05, 3.63) is 12.2 Å². The Morgan fingerprint density at radius 1 is 0.375 bits per heavy atom. The highest BCUT2D eigenvalue weighted by Crippen LogP contribution is 2.18. The summed E-state index contributed by atoms with van der Waals surface area (Å²) in [7, 11) is 0. The molecule has 0 spiro atoms. The molecule has 0 aliphatic rings. The van der Waals surface area contributed by atoms with E-state index in [0.29, 0.717) is 12.8 Å². The van der Waals surface area contributed by atoms with Gasteiger partial charge in [0.05, 0.1) is 18.8 Å². The molecular formula is C58H115NO5. The van der Waals surface area contributed by atoms with Gasteiger partial charge in [-0.2, -0.15) is 0 Å². The van der Waals surface area contributed by atoms with Gasteiger partial charge in [-0.05, 0) is 38.5 Å². The molecule has 0 saturated heterocycles. The number of aliphatic hydroxyl groups excluding tert-OH is 4. The molecule has 1 amide bonds. The van der Waals surface area contributed by atoms with E-state index in [1.165, 1.54) is 257 Å². The molecule has 64 heavy (non-hydrogen) atoms. The average Bonchev–Trinajstić information content (AvgIpc) is 3.30. The van der Waals surface area contributed by atoms with E-state index in [-0.39, 0.29) is 0 Å². The summed E-state index contributed by atoms with van der Waals surface area (Å²) in [5, 5.41) is 44.1. The Morgan fingerprint density at radius 3 is 0.906 bits per heavy atom. The Morgan fingerprint density at radius 2 is 0.625 bits per heavy atom. The number of aliphatic hydroxyl groups is 4. The molecule has 0 aromatic rings. The summed E-state index contributed by atoms with van der Waals surface area (Å²) in [5.74, 6) is -0.579. The first-order valence-corrected chi connectivity index (χ1v) is 29.1. The Balaban J connectivity index is 3.60. The molecule has 0 aromatic carbocycles. The number of hydrogen-bond donors (Lipinski definition) is 5. The molecule has 0 aromatic heterocycles. The molecule has 5 N–H and O–H groups in total. The number of hydrogen-bond acceptors (Lipinski definition) is 5. The number of nitrogens with one attached hydrogen (secondary N) is 1. The maximum atomic E-state index is 12.6. The number of allylic oxidation sites excluding steroid dienone is 2.